The Kier molecular flexibility index (Phi) is 4.70. The Bertz CT molecular complexity index is 481. The predicted octanol–water partition coefficient (Wildman–Crippen LogP) is 2.63. The molecule has 4 aliphatic rings. The lowest BCUT2D eigenvalue weighted by molar-refractivity contribution is -0.132. The minimum absolute atomic E-state index is 0.287. The summed E-state index contributed by atoms with van der Waals surface area (Å²) in [5.41, 5.74) is 1.05. The molecule has 3 fully saturated rings. The summed E-state index contributed by atoms with van der Waals surface area (Å²) >= 11 is 2.03. The van der Waals surface area contributed by atoms with Gasteiger partial charge in [-0.1, -0.05) is 6.08 Å². The minimum atomic E-state index is 0.287. The summed E-state index contributed by atoms with van der Waals surface area (Å²) in [6.45, 7) is 4.52. The molecule has 128 valence electrons. The number of carbonyl (C=O) groups is 1. The van der Waals surface area contributed by atoms with E-state index in [1.807, 2.05) is 16.7 Å². The second kappa shape index (κ2) is 6.77. The number of amides is 1. The van der Waals surface area contributed by atoms with E-state index in [9.17, 15) is 4.79 Å². The van der Waals surface area contributed by atoms with Crippen molar-refractivity contribution in [2.45, 2.75) is 49.4 Å². The molecule has 5 heteroatoms. The van der Waals surface area contributed by atoms with Gasteiger partial charge in [0.05, 0.1) is 10.9 Å². The molecule has 0 aromatic heterocycles. The number of hydrogen-bond donors (Lipinski definition) is 0. The molecule has 0 aromatic rings. The molecule has 3 saturated heterocycles. The number of nitrogens with zero attached hydrogens (tertiary/aromatic N) is 1. The molecule has 0 aromatic carbocycles. The number of allylic oxidation sites excluding steroid dienone is 1. The fourth-order valence-corrected chi connectivity index (χ4v) is 5.73. The molecule has 0 unspecified atom stereocenters. The molecule has 3 aliphatic heterocycles. The monoisotopic (exact) mass is 337 g/mol. The number of carbonyl (C=O) groups excluding carboxylic acids is 1. The van der Waals surface area contributed by atoms with Crippen molar-refractivity contribution < 1.29 is 14.3 Å². The van der Waals surface area contributed by atoms with Crippen molar-refractivity contribution in [2.24, 2.45) is 5.92 Å². The Morgan fingerprint density at radius 3 is 2.96 bits per heavy atom. The van der Waals surface area contributed by atoms with Crippen molar-refractivity contribution in [3.8, 4) is 0 Å². The van der Waals surface area contributed by atoms with E-state index in [1.54, 1.807) is 0 Å². The second-order valence-electron chi connectivity index (χ2n) is 7.49. The summed E-state index contributed by atoms with van der Waals surface area (Å²) in [5, 5.41) is 0. The Morgan fingerprint density at radius 1 is 1.39 bits per heavy atom. The highest BCUT2D eigenvalue weighted by molar-refractivity contribution is 8.01. The molecule has 0 saturated carbocycles. The normalized spacial score (nSPS) is 30.5. The van der Waals surface area contributed by atoms with Crippen molar-refractivity contribution in [1.82, 2.24) is 4.90 Å². The van der Waals surface area contributed by atoms with Gasteiger partial charge in [0.15, 0.2) is 0 Å². The van der Waals surface area contributed by atoms with Crippen molar-refractivity contribution in [1.29, 1.82) is 0 Å². The van der Waals surface area contributed by atoms with E-state index in [4.69, 9.17) is 9.47 Å². The Morgan fingerprint density at radius 2 is 2.22 bits per heavy atom. The summed E-state index contributed by atoms with van der Waals surface area (Å²) in [7, 11) is 0. The SMILES string of the molecule is O=C(C1=CCCC1)N1CC2(C[C@H](OCC3CCOCC3)CS2)C1. The zero-order valence-corrected chi connectivity index (χ0v) is 14.6. The van der Waals surface area contributed by atoms with E-state index in [0.29, 0.717) is 17.9 Å². The van der Waals surface area contributed by atoms with Gasteiger partial charge < -0.3 is 14.4 Å². The molecule has 0 N–H and O–H groups in total. The van der Waals surface area contributed by atoms with Gasteiger partial charge in [-0.25, -0.2) is 0 Å². The molecular formula is C18H27NO3S. The molecule has 3 heterocycles. The number of likely N-dealkylation sites (tertiary alicyclic amines) is 1. The zero-order chi connectivity index (χ0) is 15.7. The van der Waals surface area contributed by atoms with Crippen LogP contribution >= 0.6 is 11.8 Å². The molecule has 4 rings (SSSR count). The Hall–Kier alpha value is -0.520. The summed E-state index contributed by atoms with van der Waals surface area (Å²) < 4.78 is 11.9. The average Bonchev–Trinajstić information content (AvgIpc) is 3.22. The largest absolute Gasteiger partial charge is 0.381 e. The first-order valence-corrected chi connectivity index (χ1v) is 10.0. The molecule has 1 atom stereocenters. The molecule has 23 heavy (non-hydrogen) atoms. The average molecular weight is 337 g/mol. The van der Waals surface area contributed by atoms with E-state index in [1.165, 1.54) is 0 Å². The summed E-state index contributed by atoms with van der Waals surface area (Å²) in [4.78, 5) is 14.4. The highest BCUT2D eigenvalue weighted by Crippen LogP contribution is 2.46. The van der Waals surface area contributed by atoms with E-state index in [2.05, 4.69) is 6.08 Å². The van der Waals surface area contributed by atoms with Crippen molar-refractivity contribution in [3.05, 3.63) is 11.6 Å². The van der Waals surface area contributed by atoms with Crippen LogP contribution < -0.4 is 0 Å². The second-order valence-corrected chi connectivity index (χ2v) is 8.98. The third-order valence-corrected chi connectivity index (χ3v) is 7.22. The number of hydrogen-bond acceptors (Lipinski definition) is 4. The zero-order valence-electron chi connectivity index (χ0n) is 13.8. The topological polar surface area (TPSA) is 38.8 Å². The molecular weight excluding hydrogens is 310 g/mol. The fourth-order valence-electron chi connectivity index (χ4n) is 4.18. The van der Waals surface area contributed by atoms with Crippen LogP contribution in [0.2, 0.25) is 0 Å². The van der Waals surface area contributed by atoms with Gasteiger partial charge in [0, 0.05) is 44.2 Å². The lowest BCUT2D eigenvalue weighted by Crippen LogP contribution is -2.61. The quantitative estimate of drug-likeness (QED) is 0.790. The van der Waals surface area contributed by atoms with Gasteiger partial charge in [-0.05, 0) is 44.4 Å². The maximum Gasteiger partial charge on any atom is 0.249 e. The predicted molar refractivity (Wildman–Crippen MR) is 91.6 cm³/mol. The van der Waals surface area contributed by atoms with Gasteiger partial charge in [0.2, 0.25) is 5.91 Å². The lowest BCUT2D eigenvalue weighted by atomic mass is 9.92. The first kappa shape index (κ1) is 16.0. The van der Waals surface area contributed by atoms with Gasteiger partial charge in [0.25, 0.3) is 0 Å². The van der Waals surface area contributed by atoms with Crippen LogP contribution in [0.4, 0.5) is 0 Å². The molecule has 0 radical (unpaired) electrons. The van der Waals surface area contributed by atoms with Crippen molar-refractivity contribution in [2.75, 3.05) is 38.7 Å². The van der Waals surface area contributed by atoms with E-state index < -0.39 is 0 Å². The van der Waals surface area contributed by atoms with Crippen LogP contribution in [-0.4, -0.2) is 60.3 Å². The van der Waals surface area contributed by atoms with Crippen molar-refractivity contribution >= 4 is 17.7 Å². The van der Waals surface area contributed by atoms with Crippen LogP contribution in [0.5, 0.6) is 0 Å². The lowest BCUT2D eigenvalue weighted by Gasteiger charge is -2.47. The maximum atomic E-state index is 12.4. The van der Waals surface area contributed by atoms with Gasteiger partial charge >= 0.3 is 0 Å². The Labute approximate surface area is 143 Å². The summed E-state index contributed by atoms with van der Waals surface area (Å²) in [5.74, 6) is 2.06. The van der Waals surface area contributed by atoms with Crippen molar-refractivity contribution in [3.63, 3.8) is 0 Å². The van der Waals surface area contributed by atoms with Gasteiger partial charge in [-0.3, -0.25) is 4.79 Å². The van der Waals surface area contributed by atoms with Crippen LogP contribution in [0.1, 0.15) is 38.5 Å². The molecule has 1 spiro atoms. The van der Waals surface area contributed by atoms with E-state index in [0.717, 1.165) is 82.8 Å². The molecule has 4 nitrogen and oxygen atoms in total. The van der Waals surface area contributed by atoms with Crippen LogP contribution in [0, 0.1) is 5.92 Å². The molecule has 0 bridgehead atoms. The maximum absolute atomic E-state index is 12.4. The number of thioether (sulfide) groups is 1. The first-order chi connectivity index (χ1) is 11.2. The third-order valence-electron chi connectivity index (χ3n) is 5.64. The minimum Gasteiger partial charge on any atom is -0.381 e. The van der Waals surface area contributed by atoms with E-state index >= 15 is 0 Å². The highest BCUT2D eigenvalue weighted by atomic mass is 32.2. The van der Waals surface area contributed by atoms with Gasteiger partial charge in [-0.15, -0.1) is 11.8 Å². The Balaban J connectivity index is 1.21. The highest BCUT2D eigenvalue weighted by Gasteiger charge is 2.51. The van der Waals surface area contributed by atoms with Crippen LogP contribution in [-0.2, 0) is 14.3 Å². The van der Waals surface area contributed by atoms with Gasteiger partial charge in [0.1, 0.15) is 0 Å². The summed E-state index contributed by atoms with van der Waals surface area (Å²) in [6.07, 6.45) is 9.12. The number of ether oxygens (including phenoxy) is 2. The van der Waals surface area contributed by atoms with Crippen LogP contribution in [0.15, 0.2) is 11.6 Å². The van der Waals surface area contributed by atoms with Crippen LogP contribution in [0.3, 0.4) is 0 Å². The van der Waals surface area contributed by atoms with E-state index in [-0.39, 0.29) is 4.75 Å². The third kappa shape index (κ3) is 3.47. The molecule has 1 aliphatic carbocycles. The number of rotatable bonds is 4. The van der Waals surface area contributed by atoms with Gasteiger partial charge in [-0.2, -0.15) is 0 Å². The smallest absolute Gasteiger partial charge is 0.249 e. The van der Waals surface area contributed by atoms with Crippen LogP contribution in [0.25, 0.3) is 0 Å². The standard InChI is InChI=1S/C18H27NO3S/c20-17(15-3-1-2-4-15)19-12-18(13-19)9-16(11-23-18)22-10-14-5-7-21-8-6-14/h3,14,16H,1-2,4-13H2/t16-/m0/s1. The molecule has 1 amide bonds. The first-order valence-electron chi connectivity index (χ1n) is 9.06. The fraction of sp³-hybridized carbons (Fsp3) is 0.833. The summed E-state index contributed by atoms with van der Waals surface area (Å²) in [6, 6.07) is 0.